The summed E-state index contributed by atoms with van der Waals surface area (Å²) in [4.78, 5) is 10.2. The van der Waals surface area contributed by atoms with Crippen LogP contribution in [-0.4, -0.2) is 79.0 Å². The van der Waals surface area contributed by atoms with Crippen molar-refractivity contribution < 1.29 is 59.6 Å². The molecule has 0 aromatic carbocycles. The summed E-state index contributed by atoms with van der Waals surface area (Å²) in [7, 11) is 1.70. The van der Waals surface area contributed by atoms with Gasteiger partial charge in [-0.2, -0.15) is 0 Å². The Labute approximate surface area is 189 Å². The summed E-state index contributed by atoms with van der Waals surface area (Å²) in [5.41, 5.74) is 0. The second-order valence-corrected chi connectivity index (χ2v) is 5.21. The Morgan fingerprint density at radius 1 is 0.778 bits per heavy atom. The number of carbonyl (C=O) groups excluding carboxylic acids is 1. The topological polar surface area (TPSA) is 75.3 Å². The SMILES string of the molecule is [CH2-]CC(=O)NCC.[CH2-]COCCOCCCOCCCOCCCOC.[U+2]. The van der Waals surface area contributed by atoms with Crippen molar-refractivity contribution in [2.45, 2.75) is 32.6 Å². The van der Waals surface area contributed by atoms with E-state index in [0.29, 0.717) is 39.4 Å². The number of carbonyl (C=O) groups is 1. The fourth-order valence-corrected chi connectivity index (χ4v) is 1.64. The first-order valence-corrected chi connectivity index (χ1v) is 9.37. The number of nitrogens with one attached hydrogen (secondary N) is 1. The van der Waals surface area contributed by atoms with Gasteiger partial charge in [-0.1, -0.05) is 6.61 Å². The zero-order chi connectivity index (χ0) is 19.7. The van der Waals surface area contributed by atoms with E-state index in [2.05, 4.69) is 19.2 Å². The Hall–Kier alpha value is 0.322. The van der Waals surface area contributed by atoms with Crippen molar-refractivity contribution in [3.63, 3.8) is 0 Å². The van der Waals surface area contributed by atoms with Gasteiger partial charge in [0.2, 0.25) is 0 Å². The predicted octanol–water partition coefficient (Wildman–Crippen LogP) is 2.05. The quantitative estimate of drug-likeness (QED) is 0.188. The molecule has 0 atom stereocenters. The van der Waals surface area contributed by atoms with Gasteiger partial charge >= 0.3 is 31.1 Å². The summed E-state index contributed by atoms with van der Waals surface area (Å²) in [6.07, 6.45) is 3.14. The van der Waals surface area contributed by atoms with Crippen molar-refractivity contribution >= 4 is 5.91 Å². The molecule has 0 aromatic rings. The molecule has 7 nitrogen and oxygen atoms in total. The first kappa shape index (κ1) is 32.0. The monoisotopic (exact) mass is 615 g/mol. The van der Waals surface area contributed by atoms with Crippen LogP contribution in [0.15, 0.2) is 0 Å². The van der Waals surface area contributed by atoms with Gasteiger partial charge in [0.1, 0.15) is 0 Å². The molecule has 0 fully saturated rings. The molecule has 0 saturated heterocycles. The molecule has 0 unspecified atom stereocenters. The second-order valence-electron chi connectivity index (χ2n) is 5.21. The van der Waals surface area contributed by atoms with Crippen molar-refractivity contribution in [2.24, 2.45) is 0 Å². The molecule has 0 spiro atoms. The Morgan fingerprint density at radius 3 is 1.59 bits per heavy atom. The fourth-order valence-electron chi connectivity index (χ4n) is 1.64. The molecule has 0 aliphatic heterocycles. The van der Waals surface area contributed by atoms with E-state index >= 15 is 0 Å². The molecule has 27 heavy (non-hydrogen) atoms. The molecule has 0 aliphatic carbocycles. The normalized spacial score (nSPS) is 9.93. The van der Waals surface area contributed by atoms with Crippen LogP contribution in [0.3, 0.4) is 0 Å². The molecule has 1 N–H and O–H groups in total. The molecule has 1 amide bonds. The Balaban J connectivity index is -0.000000612. The number of hydrogen-bond donors (Lipinski definition) is 1. The van der Waals surface area contributed by atoms with Crippen LogP contribution < -0.4 is 5.32 Å². The molecular formula is C19H39NO6U. The van der Waals surface area contributed by atoms with Crippen molar-refractivity contribution in [1.82, 2.24) is 5.32 Å². The van der Waals surface area contributed by atoms with Gasteiger partial charge in [-0.3, -0.25) is 4.79 Å². The van der Waals surface area contributed by atoms with Gasteiger partial charge in [0.25, 0.3) is 0 Å². The third kappa shape index (κ3) is 34.3. The predicted molar refractivity (Wildman–Crippen MR) is 103 cm³/mol. The van der Waals surface area contributed by atoms with Crippen LogP contribution in [0, 0.1) is 45.0 Å². The summed E-state index contributed by atoms with van der Waals surface area (Å²) in [5, 5.41) is 2.59. The Bertz CT molecular complexity index is 257. The molecule has 0 bridgehead atoms. The summed E-state index contributed by atoms with van der Waals surface area (Å²) < 4.78 is 26.2. The molecule has 0 rings (SSSR count). The second kappa shape index (κ2) is 31.0. The van der Waals surface area contributed by atoms with Crippen LogP contribution >= 0.6 is 0 Å². The molecule has 0 heterocycles. The first-order chi connectivity index (χ1) is 12.7. The van der Waals surface area contributed by atoms with Crippen LogP contribution in [-0.2, 0) is 28.5 Å². The van der Waals surface area contributed by atoms with Crippen molar-refractivity contribution in [1.29, 1.82) is 0 Å². The maximum absolute atomic E-state index is 10.2. The minimum absolute atomic E-state index is 0. The van der Waals surface area contributed by atoms with Gasteiger partial charge in [-0.05, 0) is 26.2 Å². The van der Waals surface area contributed by atoms with E-state index in [9.17, 15) is 4.79 Å². The van der Waals surface area contributed by atoms with Gasteiger partial charge < -0.3 is 42.8 Å². The van der Waals surface area contributed by atoms with E-state index in [1.54, 1.807) is 7.11 Å². The third-order valence-electron chi connectivity index (χ3n) is 2.91. The van der Waals surface area contributed by atoms with Crippen LogP contribution in [0.4, 0.5) is 0 Å². The molecule has 0 aromatic heterocycles. The van der Waals surface area contributed by atoms with Crippen LogP contribution in [0.25, 0.3) is 0 Å². The number of amides is 1. The van der Waals surface area contributed by atoms with Gasteiger partial charge in [0.05, 0.1) is 13.2 Å². The summed E-state index contributed by atoms with van der Waals surface area (Å²) in [6, 6.07) is 0. The first-order valence-electron chi connectivity index (χ1n) is 9.37. The van der Waals surface area contributed by atoms with Gasteiger partial charge in [-0.25, -0.2) is 0 Å². The molecule has 160 valence electrons. The van der Waals surface area contributed by atoms with Crippen molar-refractivity contribution in [3.05, 3.63) is 13.8 Å². The molecule has 0 radical (unpaired) electrons. The van der Waals surface area contributed by atoms with Gasteiger partial charge in [0.15, 0.2) is 5.91 Å². The number of hydrogen-bond acceptors (Lipinski definition) is 6. The Kier molecular flexibility index (Phi) is 36.8. The van der Waals surface area contributed by atoms with E-state index in [-0.39, 0.29) is 37.0 Å². The molecule has 0 saturated carbocycles. The maximum Gasteiger partial charge on any atom is 2.00 e. The van der Waals surface area contributed by atoms with Gasteiger partial charge in [0, 0.05) is 53.3 Å². The molecular weight excluding hydrogens is 576 g/mol. The van der Waals surface area contributed by atoms with E-state index in [1.165, 1.54) is 0 Å². The maximum atomic E-state index is 10.2. The van der Waals surface area contributed by atoms with E-state index in [1.807, 2.05) is 6.92 Å². The number of rotatable bonds is 18. The van der Waals surface area contributed by atoms with Crippen molar-refractivity contribution in [3.8, 4) is 0 Å². The van der Waals surface area contributed by atoms with Crippen LogP contribution in [0.5, 0.6) is 0 Å². The Morgan fingerprint density at radius 2 is 1.22 bits per heavy atom. The van der Waals surface area contributed by atoms with Crippen molar-refractivity contribution in [2.75, 3.05) is 73.1 Å². The summed E-state index contributed by atoms with van der Waals surface area (Å²) in [5.74, 6) is 0.0162. The smallest absolute Gasteiger partial charge is 0.411 e. The minimum Gasteiger partial charge on any atom is -0.411 e. The summed E-state index contributed by atoms with van der Waals surface area (Å²) in [6.45, 7) is 15.8. The molecule has 0 aliphatic rings. The van der Waals surface area contributed by atoms with E-state index < -0.39 is 0 Å². The van der Waals surface area contributed by atoms with Crippen LogP contribution in [0.1, 0.15) is 32.6 Å². The number of methoxy groups -OCH3 is 1. The van der Waals surface area contributed by atoms with Gasteiger partial charge in [-0.15, -0.1) is 6.42 Å². The zero-order valence-corrected chi connectivity index (χ0v) is 21.4. The van der Waals surface area contributed by atoms with E-state index in [0.717, 1.165) is 52.3 Å². The molecule has 8 heteroatoms. The van der Waals surface area contributed by atoms with Crippen LogP contribution in [0.2, 0.25) is 0 Å². The van der Waals surface area contributed by atoms with E-state index in [4.69, 9.17) is 23.7 Å². The zero-order valence-electron chi connectivity index (χ0n) is 17.3. The third-order valence-corrected chi connectivity index (χ3v) is 2.91. The standard InChI is InChI=1S/C14H29O5.C5H10NO.U/c1-3-16-13-14-19-12-6-11-18-10-5-9-17-8-4-7-15-2;1-3-5(7)6-4-2;/h1,3-14H2,2H3;1,3-4H2,2H3,(H,6,7);/q2*-1;+2. The minimum atomic E-state index is 0. The fraction of sp³-hybridized carbons (Fsp3) is 0.842. The average molecular weight is 616 g/mol. The average Bonchev–Trinajstić information content (AvgIpc) is 2.65. The largest absolute Gasteiger partial charge is 2.00 e. The summed E-state index contributed by atoms with van der Waals surface area (Å²) >= 11 is 0. The number of ether oxygens (including phenoxy) is 5.